The summed E-state index contributed by atoms with van der Waals surface area (Å²) in [6, 6.07) is 11.4. The molecule has 2 aromatic rings. The summed E-state index contributed by atoms with van der Waals surface area (Å²) in [4.78, 5) is 12.5. The van der Waals surface area contributed by atoms with E-state index in [1.54, 1.807) is 21.1 Å². The van der Waals surface area contributed by atoms with Crippen LogP contribution in [0.4, 0.5) is 0 Å². The fraction of sp³-hybridized carbons (Fsp3) is 0.381. The molecule has 1 N–H and O–H groups in total. The van der Waals surface area contributed by atoms with E-state index < -0.39 is 6.10 Å². The molecule has 5 heteroatoms. The molecule has 0 radical (unpaired) electrons. The molecule has 26 heavy (non-hydrogen) atoms. The summed E-state index contributed by atoms with van der Waals surface area (Å²) in [5, 5.41) is 2.98. The number of rotatable bonds is 7. The van der Waals surface area contributed by atoms with Gasteiger partial charge in [-0.15, -0.1) is 0 Å². The van der Waals surface area contributed by atoms with Crippen LogP contribution in [0.2, 0.25) is 0 Å². The van der Waals surface area contributed by atoms with E-state index in [4.69, 9.17) is 14.2 Å². The topological polar surface area (TPSA) is 56.8 Å². The molecule has 2 atom stereocenters. The Balaban J connectivity index is 2.05. The van der Waals surface area contributed by atoms with E-state index in [9.17, 15) is 4.79 Å². The van der Waals surface area contributed by atoms with Crippen LogP contribution in [0.3, 0.4) is 0 Å². The van der Waals surface area contributed by atoms with Gasteiger partial charge in [0, 0.05) is 0 Å². The summed E-state index contributed by atoms with van der Waals surface area (Å²) in [7, 11) is 3.18. The van der Waals surface area contributed by atoms with E-state index in [2.05, 4.69) is 5.32 Å². The second kappa shape index (κ2) is 8.61. The molecule has 1 amide bonds. The van der Waals surface area contributed by atoms with Gasteiger partial charge in [0.05, 0.1) is 20.3 Å². The van der Waals surface area contributed by atoms with Gasteiger partial charge in [-0.05, 0) is 62.6 Å². The molecule has 2 aromatic carbocycles. The van der Waals surface area contributed by atoms with Crippen molar-refractivity contribution in [2.45, 2.75) is 39.8 Å². The average Bonchev–Trinajstić information content (AvgIpc) is 2.63. The molecular formula is C21H27NO4. The quantitative estimate of drug-likeness (QED) is 0.815. The molecular weight excluding hydrogens is 330 g/mol. The molecule has 140 valence electrons. The van der Waals surface area contributed by atoms with Gasteiger partial charge in [0.2, 0.25) is 0 Å². The standard InChI is InChI=1S/C21H27NO4/c1-13-7-8-14(2)19(11-13)26-16(4)21(23)22-15(3)17-9-10-18(24-5)20(12-17)25-6/h7-12,15-16H,1-6H3,(H,22,23)/t15-,16-/m0/s1. The molecule has 0 saturated carbocycles. The van der Waals surface area contributed by atoms with E-state index in [-0.39, 0.29) is 11.9 Å². The summed E-state index contributed by atoms with van der Waals surface area (Å²) in [5.41, 5.74) is 3.02. The van der Waals surface area contributed by atoms with Gasteiger partial charge in [0.25, 0.3) is 5.91 Å². The number of hydrogen-bond acceptors (Lipinski definition) is 4. The number of benzene rings is 2. The van der Waals surface area contributed by atoms with Crippen LogP contribution >= 0.6 is 0 Å². The summed E-state index contributed by atoms with van der Waals surface area (Å²) < 4.78 is 16.4. The van der Waals surface area contributed by atoms with Crippen molar-refractivity contribution in [3.8, 4) is 17.2 Å². The molecule has 0 aromatic heterocycles. The average molecular weight is 357 g/mol. The third kappa shape index (κ3) is 4.69. The minimum absolute atomic E-state index is 0.173. The predicted octanol–water partition coefficient (Wildman–Crippen LogP) is 3.97. The van der Waals surface area contributed by atoms with Crippen molar-refractivity contribution in [3.05, 3.63) is 53.1 Å². The Bertz CT molecular complexity index is 773. The highest BCUT2D eigenvalue weighted by atomic mass is 16.5. The second-order valence-electron chi connectivity index (χ2n) is 6.37. The van der Waals surface area contributed by atoms with Crippen molar-refractivity contribution in [2.75, 3.05) is 14.2 Å². The molecule has 0 fully saturated rings. The lowest BCUT2D eigenvalue weighted by molar-refractivity contribution is -0.127. The zero-order chi connectivity index (χ0) is 19.3. The number of carbonyl (C=O) groups excluding carboxylic acids is 1. The molecule has 0 aliphatic carbocycles. The summed E-state index contributed by atoms with van der Waals surface area (Å²) in [5.74, 6) is 1.84. The number of methoxy groups -OCH3 is 2. The Morgan fingerprint density at radius 2 is 1.62 bits per heavy atom. The fourth-order valence-corrected chi connectivity index (χ4v) is 2.61. The smallest absolute Gasteiger partial charge is 0.261 e. The van der Waals surface area contributed by atoms with Crippen molar-refractivity contribution in [1.29, 1.82) is 0 Å². The van der Waals surface area contributed by atoms with E-state index in [1.165, 1.54) is 0 Å². The van der Waals surface area contributed by atoms with Crippen LogP contribution in [0.1, 0.15) is 36.6 Å². The van der Waals surface area contributed by atoms with Gasteiger partial charge in [0.1, 0.15) is 5.75 Å². The SMILES string of the molecule is COc1ccc([C@H](C)NC(=O)[C@H](C)Oc2cc(C)ccc2C)cc1OC. The van der Waals surface area contributed by atoms with Crippen LogP contribution in [-0.4, -0.2) is 26.2 Å². The zero-order valence-electron chi connectivity index (χ0n) is 16.3. The molecule has 0 aliphatic rings. The van der Waals surface area contributed by atoms with Crippen LogP contribution in [0, 0.1) is 13.8 Å². The van der Waals surface area contributed by atoms with Crippen molar-refractivity contribution in [2.24, 2.45) is 0 Å². The van der Waals surface area contributed by atoms with Crippen molar-refractivity contribution < 1.29 is 19.0 Å². The molecule has 0 heterocycles. The Hall–Kier alpha value is -2.69. The molecule has 2 rings (SSSR count). The van der Waals surface area contributed by atoms with Crippen molar-refractivity contribution >= 4 is 5.91 Å². The highest BCUT2D eigenvalue weighted by Gasteiger charge is 2.19. The lowest BCUT2D eigenvalue weighted by Gasteiger charge is -2.20. The van der Waals surface area contributed by atoms with E-state index in [1.807, 2.05) is 57.2 Å². The Morgan fingerprint density at radius 3 is 2.27 bits per heavy atom. The van der Waals surface area contributed by atoms with E-state index >= 15 is 0 Å². The molecule has 0 aliphatic heterocycles. The highest BCUT2D eigenvalue weighted by Crippen LogP contribution is 2.30. The third-order valence-electron chi connectivity index (χ3n) is 4.28. The maximum atomic E-state index is 12.5. The summed E-state index contributed by atoms with van der Waals surface area (Å²) in [6.45, 7) is 7.63. The number of aryl methyl sites for hydroxylation is 2. The zero-order valence-corrected chi connectivity index (χ0v) is 16.3. The van der Waals surface area contributed by atoms with Crippen LogP contribution < -0.4 is 19.5 Å². The minimum atomic E-state index is -0.599. The Morgan fingerprint density at radius 1 is 0.923 bits per heavy atom. The van der Waals surface area contributed by atoms with Crippen LogP contribution in [0.25, 0.3) is 0 Å². The molecule has 5 nitrogen and oxygen atoms in total. The number of ether oxygens (including phenoxy) is 3. The maximum absolute atomic E-state index is 12.5. The summed E-state index contributed by atoms with van der Waals surface area (Å²) >= 11 is 0. The monoisotopic (exact) mass is 357 g/mol. The maximum Gasteiger partial charge on any atom is 0.261 e. The van der Waals surface area contributed by atoms with Gasteiger partial charge in [-0.25, -0.2) is 0 Å². The lowest BCUT2D eigenvalue weighted by atomic mass is 10.1. The van der Waals surface area contributed by atoms with Crippen LogP contribution in [0.5, 0.6) is 17.2 Å². The number of amides is 1. The minimum Gasteiger partial charge on any atom is -0.493 e. The Labute approximate surface area is 155 Å². The first-order valence-electron chi connectivity index (χ1n) is 8.62. The first-order valence-corrected chi connectivity index (χ1v) is 8.62. The molecule has 0 spiro atoms. The molecule has 0 bridgehead atoms. The number of hydrogen-bond donors (Lipinski definition) is 1. The lowest BCUT2D eigenvalue weighted by Crippen LogP contribution is -2.37. The first kappa shape index (κ1) is 19.6. The fourth-order valence-electron chi connectivity index (χ4n) is 2.61. The van der Waals surface area contributed by atoms with Crippen molar-refractivity contribution in [3.63, 3.8) is 0 Å². The Kier molecular flexibility index (Phi) is 6.50. The van der Waals surface area contributed by atoms with Gasteiger partial charge in [0.15, 0.2) is 17.6 Å². The van der Waals surface area contributed by atoms with E-state index in [0.29, 0.717) is 11.5 Å². The third-order valence-corrected chi connectivity index (χ3v) is 4.28. The largest absolute Gasteiger partial charge is 0.493 e. The second-order valence-corrected chi connectivity index (χ2v) is 6.37. The normalized spacial score (nSPS) is 12.8. The molecule has 0 saturated heterocycles. The van der Waals surface area contributed by atoms with Gasteiger partial charge in [-0.3, -0.25) is 4.79 Å². The van der Waals surface area contributed by atoms with Gasteiger partial charge < -0.3 is 19.5 Å². The highest BCUT2D eigenvalue weighted by molar-refractivity contribution is 5.81. The number of carbonyl (C=O) groups is 1. The first-order chi connectivity index (χ1) is 12.3. The van der Waals surface area contributed by atoms with Crippen LogP contribution in [0.15, 0.2) is 36.4 Å². The van der Waals surface area contributed by atoms with Gasteiger partial charge in [-0.2, -0.15) is 0 Å². The van der Waals surface area contributed by atoms with E-state index in [0.717, 1.165) is 22.4 Å². The summed E-state index contributed by atoms with van der Waals surface area (Å²) in [6.07, 6.45) is -0.599. The number of nitrogens with one attached hydrogen (secondary N) is 1. The van der Waals surface area contributed by atoms with Gasteiger partial charge in [-0.1, -0.05) is 18.2 Å². The molecule has 0 unspecified atom stereocenters. The van der Waals surface area contributed by atoms with Gasteiger partial charge >= 0.3 is 0 Å². The predicted molar refractivity (Wildman–Crippen MR) is 102 cm³/mol. The van der Waals surface area contributed by atoms with Crippen molar-refractivity contribution in [1.82, 2.24) is 5.32 Å². The van der Waals surface area contributed by atoms with Crippen LogP contribution in [-0.2, 0) is 4.79 Å².